The molecule has 5 rings (SSSR count). The molecule has 2 aromatic rings. The average molecular weight is 552 g/mol. The number of aromatic nitrogens is 2. The Balaban J connectivity index is 1.40. The van der Waals surface area contributed by atoms with E-state index in [1.165, 1.54) is 6.42 Å². The number of amides is 2. The second kappa shape index (κ2) is 11.9. The summed E-state index contributed by atoms with van der Waals surface area (Å²) in [4.78, 5) is 32.1. The molecule has 9 nitrogen and oxygen atoms in total. The van der Waals surface area contributed by atoms with Crippen LogP contribution in [0.25, 0.3) is 0 Å². The number of carbonyl (C=O) groups excluding carboxylic acids is 2. The Kier molecular flexibility index (Phi) is 8.52. The van der Waals surface area contributed by atoms with Gasteiger partial charge in [0.15, 0.2) is 0 Å². The van der Waals surface area contributed by atoms with E-state index in [-0.39, 0.29) is 29.5 Å². The summed E-state index contributed by atoms with van der Waals surface area (Å²) in [6.07, 6.45) is 7.04. The lowest BCUT2D eigenvalue weighted by Gasteiger charge is -2.53. The minimum Gasteiger partial charge on any atom is -0.508 e. The highest BCUT2D eigenvalue weighted by atomic mass is 16.3. The number of piperazine rings is 1. The van der Waals surface area contributed by atoms with Crippen LogP contribution in [0.3, 0.4) is 0 Å². The number of aromatic hydroxyl groups is 1. The molecule has 4 N–H and O–H groups in total. The highest BCUT2D eigenvalue weighted by Gasteiger charge is 2.55. The minimum absolute atomic E-state index is 0.0550. The Labute approximate surface area is 237 Å². The fourth-order valence-corrected chi connectivity index (χ4v) is 7.29. The molecule has 1 aromatic heterocycles. The molecule has 1 aliphatic carbocycles. The number of aryl methyl sites for hydroxylation is 2. The van der Waals surface area contributed by atoms with Crippen molar-refractivity contribution in [3.63, 3.8) is 0 Å². The van der Waals surface area contributed by atoms with Crippen LogP contribution in [-0.2, 0) is 9.59 Å². The number of likely N-dealkylation sites (tertiary alicyclic amines) is 1. The predicted molar refractivity (Wildman–Crippen MR) is 153 cm³/mol. The van der Waals surface area contributed by atoms with Gasteiger partial charge in [0.25, 0.3) is 0 Å². The van der Waals surface area contributed by atoms with E-state index in [2.05, 4.69) is 27.3 Å². The number of rotatable bonds is 8. The second-order valence-corrected chi connectivity index (χ2v) is 12.1. The summed E-state index contributed by atoms with van der Waals surface area (Å²) in [5, 5.41) is 31.7. The summed E-state index contributed by atoms with van der Waals surface area (Å²) in [7, 11) is 0. The highest BCUT2D eigenvalue weighted by molar-refractivity contribution is 6.00. The maximum Gasteiger partial charge on any atom is 0.248 e. The molecule has 218 valence electrons. The smallest absolute Gasteiger partial charge is 0.248 e. The van der Waals surface area contributed by atoms with Crippen LogP contribution in [0, 0.1) is 19.8 Å². The summed E-state index contributed by atoms with van der Waals surface area (Å²) in [5.41, 5.74) is 3.15. The molecule has 1 spiro atoms. The van der Waals surface area contributed by atoms with Crippen molar-refractivity contribution >= 4 is 11.8 Å². The summed E-state index contributed by atoms with van der Waals surface area (Å²) in [6.45, 7) is 7.87. The number of unbranched alkanes of at least 4 members (excludes halogenated alkanes) is 1. The summed E-state index contributed by atoms with van der Waals surface area (Å²) >= 11 is 0. The zero-order valence-electron chi connectivity index (χ0n) is 24.2. The van der Waals surface area contributed by atoms with Gasteiger partial charge < -0.3 is 20.4 Å². The van der Waals surface area contributed by atoms with Gasteiger partial charge >= 0.3 is 0 Å². The number of hydrogen-bond acceptors (Lipinski definition) is 6. The van der Waals surface area contributed by atoms with Gasteiger partial charge in [0.2, 0.25) is 11.8 Å². The molecule has 3 heterocycles. The number of aliphatic hydroxyl groups is 1. The van der Waals surface area contributed by atoms with Gasteiger partial charge in [-0.3, -0.25) is 19.6 Å². The Bertz CT molecular complexity index is 1160. The van der Waals surface area contributed by atoms with Gasteiger partial charge in [-0.2, -0.15) is 5.10 Å². The van der Waals surface area contributed by atoms with Crippen LogP contribution >= 0.6 is 0 Å². The largest absolute Gasteiger partial charge is 0.508 e. The number of piperidine rings is 1. The molecule has 2 aliphatic heterocycles. The first-order valence-electron chi connectivity index (χ1n) is 15.1. The molecule has 1 saturated carbocycles. The van der Waals surface area contributed by atoms with Gasteiger partial charge in [0.05, 0.1) is 17.8 Å². The maximum absolute atomic E-state index is 14.0. The molecular weight excluding hydrogens is 506 g/mol. The van der Waals surface area contributed by atoms with Crippen LogP contribution in [0.2, 0.25) is 0 Å². The molecule has 3 fully saturated rings. The normalized spacial score (nSPS) is 23.8. The van der Waals surface area contributed by atoms with Crippen LogP contribution in [0.15, 0.2) is 24.3 Å². The van der Waals surface area contributed by atoms with Crippen molar-refractivity contribution < 1.29 is 19.8 Å². The van der Waals surface area contributed by atoms with Gasteiger partial charge in [-0.05, 0) is 69.6 Å². The van der Waals surface area contributed by atoms with Crippen LogP contribution in [0.1, 0.15) is 93.3 Å². The lowest BCUT2D eigenvalue weighted by molar-refractivity contribution is -0.166. The van der Waals surface area contributed by atoms with Crippen molar-refractivity contribution in [2.45, 2.75) is 102 Å². The summed E-state index contributed by atoms with van der Waals surface area (Å²) in [5.74, 6) is 0.0184. The van der Waals surface area contributed by atoms with Crippen LogP contribution in [-0.4, -0.2) is 79.3 Å². The third-order valence-corrected chi connectivity index (χ3v) is 9.63. The third-order valence-electron chi connectivity index (χ3n) is 9.63. The number of phenolic OH excluding ortho intramolecular Hbond substituents is 1. The maximum atomic E-state index is 14.0. The van der Waals surface area contributed by atoms with Gasteiger partial charge in [-0.15, -0.1) is 0 Å². The number of nitrogens with one attached hydrogen (secondary N) is 2. The molecule has 1 aromatic carbocycles. The molecule has 2 amide bonds. The van der Waals surface area contributed by atoms with Gasteiger partial charge in [0, 0.05) is 30.9 Å². The number of benzene rings is 1. The predicted octanol–water partition coefficient (Wildman–Crippen LogP) is 3.72. The van der Waals surface area contributed by atoms with Crippen LogP contribution < -0.4 is 5.32 Å². The number of nitrogens with zero attached hydrogens (tertiary/aromatic N) is 3. The van der Waals surface area contributed by atoms with Crippen molar-refractivity contribution in [1.82, 2.24) is 25.3 Å². The van der Waals surface area contributed by atoms with Crippen molar-refractivity contribution in [2.75, 3.05) is 19.6 Å². The number of H-pyrrole nitrogens is 1. The molecule has 3 atom stereocenters. The third kappa shape index (κ3) is 5.26. The van der Waals surface area contributed by atoms with E-state index in [0.29, 0.717) is 32.5 Å². The monoisotopic (exact) mass is 551 g/mol. The zero-order chi connectivity index (χ0) is 28.4. The lowest BCUT2D eigenvalue weighted by Crippen LogP contribution is -2.75. The van der Waals surface area contributed by atoms with E-state index in [4.69, 9.17) is 0 Å². The molecule has 3 aliphatic rings. The number of aliphatic hydroxyl groups excluding tert-OH is 1. The van der Waals surface area contributed by atoms with E-state index >= 15 is 0 Å². The first kappa shape index (κ1) is 28.6. The zero-order valence-corrected chi connectivity index (χ0v) is 24.2. The van der Waals surface area contributed by atoms with Crippen molar-refractivity contribution in [3.8, 4) is 5.75 Å². The number of aromatic amines is 1. The van der Waals surface area contributed by atoms with Crippen molar-refractivity contribution in [2.24, 2.45) is 5.92 Å². The molecule has 2 saturated heterocycles. The standard InChI is InChI=1S/C31H45N5O4/c1-4-5-17-36-29(39)26(28(38)23-9-7-6-8-10-23)32-30(40)31(36)15-18-35(19-16-31)27(22-11-13-24(37)14-12-22)25-20(2)33-34-21(25)3/h11-14,23,26-28,37-38H,4-10,15-19H2,1-3H3,(H,32,40)(H,33,34)/t26-,27?,28-/m1/s1. The molecule has 9 heteroatoms. The highest BCUT2D eigenvalue weighted by Crippen LogP contribution is 2.40. The lowest BCUT2D eigenvalue weighted by atomic mass is 9.77. The number of carbonyl (C=O) groups is 2. The Morgan fingerprint density at radius 3 is 2.35 bits per heavy atom. The molecule has 1 unspecified atom stereocenters. The Morgan fingerprint density at radius 2 is 1.75 bits per heavy atom. The first-order chi connectivity index (χ1) is 19.3. The number of phenols is 1. The van der Waals surface area contributed by atoms with Crippen LogP contribution in [0.5, 0.6) is 5.75 Å². The Morgan fingerprint density at radius 1 is 1.07 bits per heavy atom. The average Bonchev–Trinajstić information content (AvgIpc) is 3.30. The van der Waals surface area contributed by atoms with Gasteiger partial charge in [0.1, 0.15) is 17.3 Å². The fraction of sp³-hybridized carbons (Fsp3) is 0.645. The van der Waals surface area contributed by atoms with E-state index in [9.17, 15) is 19.8 Å². The van der Waals surface area contributed by atoms with E-state index in [0.717, 1.165) is 61.0 Å². The van der Waals surface area contributed by atoms with E-state index in [1.54, 1.807) is 12.1 Å². The summed E-state index contributed by atoms with van der Waals surface area (Å²) < 4.78 is 0. The van der Waals surface area contributed by atoms with Gasteiger partial charge in [-0.25, -0.2) is 0 Å². The molecule has 0 bridgehead atoms. The molecule has 40 heavy (non-hydrogen) atoms. The second-order valence-electron chi connectivity index (χ2n) is 12.1. The SMILES string of the molecule is CCCCN1C(=O)[C@@H]([C@H](O)C2CCCCC2)NC(=O)C12CCN(C(c1ccc(O)cc1)c1c(C)n[nH]c1C)CC2. The first-order valence-corrected chi connectivity index (χ1v) is 15.1. The van der Waals surface area contributed by atoms with E-state index in [1.807, 2.05) is 30.9 Å². The van der Waals surface area contributed by atoms with Crippen molar-refractivity contribution in [1.29, 1.82) is 0 Å². The minimum atomic E-state index is -0.911. The summed E-state index contributed by atoms with van der Waals surface area (Å²) in [6, 6.07) is 6.34. The molecule has 0 radical (unpaired) electrons. The van der Waals surface area contributed by atoms with Crippen molar-refractivity contribution in [3.05, 3.63) is 46.8 Å². The number of hydrogen-bond donors (Lipinski definition) is 4. The van der Waals surface area contributed by atoms with E-state index < -0.39 is 17.7 Å². The molecular formula is C31H45N5O4. The topological polar surface area (TPSA) is 122 Å². The quantitative estimate of drug-likeness (QED) is 0.397. The van der Waals surface area contributed by atoms with Gasteiger partial charge in [-0.1, -0.05) is 44.7 Å². The Hall–Kier alpha value is -2.91. The van der Waals surface area contributed by atoms with Crippen LogP contribution in [0.4, 0.5) is 0 Å². The fourth-order valence-electron chi connectivity index (χ4n) is 7.29.